The van der Waals surface area contributed by atoms with Crippen LogP contribution < -0.4 is 4.74 Å². The lowest BCUT2D eigenvalue weighted by Gasteiger charge is -1.97. The maximum atomic E-state index is 13.3. The minimum absolute atomic E-state index is 0.309. The zero-order chi connectivity index (χ0) is 13.0. The van der Waals surface area contributed by atoms with Crippen molar-refractivity contribution in [3.05, 3.63) is 63.9 Å². The van der Waals surface area contributed by atoms with Crippen LogP contribution in [-0.2, 0) is 0 Å². The second-order valence-corrected chi connectivity index (χ2v) is 4.46. The highest BCUT2D eigenvalue weighted by Crippen LogP contribution is 2.16. The molecule has 0 aliphatic heterocycles. The van der Waals surface area contributed by atoms with E-state index in [1.54, 1.807) is 19.2 Å². The standard InChI is InChI=1S/C15H10BrFO/c1-18-13-7-4-11(5-8-13)2-3-12-6-9-14(16)15(17)10-12/h4-10H,1H3. The van der Waals surface area contributed by atoms with Crippen molar-refractivity contribution < 1.29 is 9.13 Å². The Bertz CT molecular complexity index is 609. The van der Waals surface area contributed by atoms with Gasteiger partial charge in [-0.3, -0.25) is 0 Å². The molecule has 0 aliphatic carbocycles. The molecule has 0 saturated carbocycles. The van der Waals surface area contributed by atoms with Crippen LogP contribution in [-0.4, -0.2) is 7.11 Å². The summed E-state index contributed by atoms with van der Waals surface area (Å²) in [5.41, 5.74) is 1.51. The van der Waals surface area contributed by atoms with Crippen molar-refractivity contribution in [2.24, 2.45) is 0 Å². The number of benzene rings is 2. The Morgan fingerprint density at radius 1 is 1.00 bits per heavy atom. The Morgan fingerprint density at radius 2 is 1.61 bits per heavy atom. The van der Waals surface area contributed by atoms with Crippen molar-refractivity contribution >= 4 is 15.9 Å². The molecule has 1 nitrogen and oxygen atoms in total. The fourth-order valence-corrected chi connectivity index (χ4v) is 1.64. The third-order valence-electron chi connectivity index (χ3n) is 2.36. The average Bonchev–Trinajstić information content (AvgIpc) is 2.41. The van der Waals surface area contributed by atoms with Crippen LogP contribution in [0.25, 0.3) is 0 Å². The zero-order valence-corrected chi connectivity index (χ0v) is 11.3. The second-order valence-electron chi connectivity index (χ2n) is 3.61. The molecule has 0 radical (unpaired) electrons. The van der Waals surface area contributed by atoms with Crippen molar-refractivity contribution in [1.82, 2.24) is 0 Å². The second kappa shape index (κ2) is 5.70. The molecule has 0 heterocycles. The minimum atomic E-state index is -0.309. The monoisotopic (exact) mass is 304 g/mol. The van der Waals surface area contributed by atoms with E-state index >= 15 is 0 Å². The fraction of sp³-hybridized carbons (Fsp3) is 0.0667. The molecule has 0 N–H and O–H groups in total. The van der Waals surface area contributed by atoms with Crippen molar-refractivity contribution in [2.45, 2.75) is 0 Å². The van der Waals surface area contributed by atoms with E-state index in [2.05, 4.69) is 27.8 Å². The van der Waals surface area contributed by atoms with E-state index in [0.717, 1.165) is 11.3 Å². The van der Waals surface area contributed by atoms with Gasteiger partial charge in [0.1, 0.15) is 11.6 Å². The first-order valence-corrected chi connectivity index (χ1v) is 6.09. The van der Waals surface area contributed by atoms with Crippen LogP contribution in [0.2, 0.25) is 0 Å². The number of rotatable bonds is 1. The summed E-state index contributed by atoms with van der Waals surface area (Å²) in [7, 11) is 1.62. The van der Waals surface area contributed by atoms with E-state index in [1.165, 1.54) is 6.07 Å². The summed E-state index contributed by atoms with van der Waals surface area (Å²) in [6.45, 7) is 0. The van der Waals surface area contributed by atoms with Crippen molar-refractivity contribution in [1.29, 1.82) is 0 Å². The van der Waals surface area contributed by atoms with Gasteiger partial charge >= 0.3 is 0 Å². The lowest BCUT2D eigenvalue weighted by atomic mass is 10.2. The van der Waals surface area contributed by atoms with Gasteiger partial charge in [0.25, 0.3) is 0 Å². The van der Waals surface area contributed by atoms with Crippen LogP contribution >= 0.6 is 15.9 Å². The summed E-state index contributed by atoms with van der Waals surface area (Å²) in [6.07, 6.45) is 0. The van der Waals surface area contributed by atoms with Gasteiger partial charge < -0.3 is 4.74 Å². The first kappa shape index (κ1) is 12.7. The molecule has 2 aromatic carbocycles. The SMILES string of the molecule is COc1ccc(C#Cc2ccc(Br)c(F)c2)cc1. The van der Waals surface area contributed by atoms with Crippen LogP contribution in [0.1, 0.15) is 11.1 Å². The molecule has 0 saturated heterocycles. The largest absolute Gasteiger partial charge is 0.497 e. The van der Waals surface area contributed by atoms with Gasteiger partial charge in [-0.25, -0.2) is 4.39 Å². The topological polar surface area (TPSA) is 9.23 Å². The Labute approximate surface area is 114 Å². The first-order chi connectivity index (χ1) is 8.69. The molecule has 0 aromatic heterocycles. The van der Waals surface area contributed by atoms with Gasteiger partial charge in [0.05, 0.1) is 11.6 Å². The van der Waals surface area contributed by atoms with E-state index in [4.69, 9.17) is 4.74 Å². The third-order valence-corrected chi connectivity index (χ3v) is 3.00. The molecule has 18 heavy (non-hydrogen) atoms. The summed E-state index contributed by atoms with van der Waals surface area (Å²) in [4.78, 5) is 0. The molecule has 0 unspecified atom stereocenters. The normalized spacial score (nSPS) is 9.50. The average molecular weight is 305 g/mol. The maximum absolute atomic E-state index is 13.3. The van der Waals surface area contributed by atoms with Gasteiger partial charge in [-0.05, 0) is 58.4 Å². The van der Waals surface area contributed by atoms with Crippen LogP contribution in [0.5, 0.6) is 5.75 Å². The highest BCUT2D eigenvalue weighted by molar-refractivity contribution is 9.10. The number of halogens is 2. The molecule has 3 heteroatoms. The maximum Gasteiger partial charge on any atom is 0.138 e. The molecule has 0 spiro atoms. The Balaban J connectivity index is 2.22. The summed E-state index contributed by atoms with van der Waals surface area (Å²) in [5.74, 6) is 6.36. The molecule has 90 valence electrons. The number of ether oxygens (including phenoxy) is 1. The molecule has 0 fully saturated rings. The van der Waals surface area contributed by atoms with E-state index < -0.39 is 0 Å². The van der Waals surface area contributed by atoms with Crippen LogP contribution in [0.3, 0.4) is 0 Å². The zero-order valence-electron chi connectivity index (χ0n) is 9.71. The molecule has 0 atom stereocenters. The van der Waals surface area contributed by atoms with Gasteiger partial charge in [0.2, 0.25) is 0 Å². The predicted octanol–water partition coefficient (Wildman–Crippen LogP) is 4.00. The van der Waals surface area contributed by atoms with E-state index in [-0.39, 0.29) is 5.82 Å². The van der Waals surface area contributed by atoms with Crippen LogP contribution in [0.15, 0.2) is 46.9 Å². The molecule has 0 amide bonds. The highest BCUT2D eigenvalue weighted by atomic mass is 79.9. The quantitative estimate of drug-likeness (QED) is 0.724. The Kier molecular flexibility index (Phi) is 4.01. The number of methoxy groups -OCH3 is 1. The highest BCUT2D eigenvalue weighted by Gasteiger charge is 1.98. The summed E-state index contributed by atoms with van der Waals surface area (Å²) >= 11 is 3.10. The number of hydrogen-bond donors (Lipinski definition) is 0. The van der Waals surface area contributed by atoms with Gasteiger partial charge in [-0.2, -0.15) is 0 Å². The van der Waals surface area contributed by atoms with Crippen LogP contribution in [0, 0.1) is 17.7 Å². The van der Waals surface area contributed by atoms with Gasteiger partial charge in [0, 0.05) is 11.1 Å². The van der Waals surface area contributed by atoms with Crippen LogP contribution in [0.4, 0.5) is 4.39 Å². The molecule has 2 rings (SSSR count). The first-order valence-electron chi connectivity index (χ1n) is 5.30. The fourth-order valence-electron chi connectivity index (χ4n) is 1.39. The lowest BCUT2D eigenvalue weighted by molar-refractivity contribution is 0.415. The van der Waals surface area contributed by atoms with Gasteiger partial charge in [-0.15, -0.1) is 0 Å². The van der Waals surface area contributed by atoms with Gasteiger partial charge in [0.15, 0.2) is 0 Å². The van der Waals surface area contributed by atoms with Crippen molar-refractivity contribution in [3.63, 3.8) is 0 Å². The van der Waals surface area contributed by atoms with E-state index in [0.29, 0.717) is 10.0 Å². The minimum Gasteiger partial charge on any atom is -0.497 e. The predicted molar refractivity (Wildman–Crippen MR) is 73.1 cm³/mol. The third kappa shape index (κ3) is 3.12. The summed E-state index contributed by atoms with van der Waals surface area (Å²) < 4.78 is 18.8. The smallest absolute Gasteiger partial charge is 0.138 e. The lowest BCUT2D eigenvalue weighted by Crippen LogP contribution is -1.83. The van der Waals surface area contributed by atoms with E-state index in [1.807, 2.05) is 24.3 Å². The van der Waals surface area contributed by atoms with Gasteiger partial charge in [-0.1, -0.05) is 11.8 Å². The summed E-state index contributed by atoms with van der Waals surface area (Å²) in [6, 6.07) is 12.2. The Morgan fingerprint density at radius 3 is 2.22 bits per heavy atom. The molecule has 2 aromatic rings. The number of hydrogen-bond acceptors (Lipinski definition) is 1. The molecule has 0 aliphatic rings. The molecular weight excluding hydrogens is 295 g/mol. The molecular formula is C15H10BrFO. The Hall–Kier alpha value is -1.79. The molecule has 0 bridgehead atoms. The van der Waals surface area contributed by atoms with Crippen molar-refractivity contribution in [3.8, 4) is 17.6 Å². The van der Waals surface area contributed by atoms with Crippen molar-refractivity contribution in [2.75, 3.05) is 7.11 Å². The summed E-state index contributed by atoms with van der Waals surface area (Å²) in [5, 5.41) is 0. The van der Waals surface area contributed by atoms with E-state index in [9.17, 15) is 4.39 Å².